The van der Waals surface area contributed by atoms with Gasteiger partial charge in [-0.3, -0.25) is 0 Å². The van der Waals surface area contributed by atoms with E-state index in [1.54, 1.807) is 18.6 Å². The van der Waals surface area contributed by atoms with Crippen LogP contribution in [0.2, 0.25) is 0 Å². The minimum Gasteiger partial charge on any atom is -0.368 e. The van der Waals surface area contributed by atoms with Crippen molar-refractivity contribution in [3.05, 3.63) is 18.6 Å². The third-order valence-corrected chi connectivity index (χ3v) is 2.54. The highest BCUT2D eigenvalue weighted by Crippen LogP contribution is 2.22. The third kappa shape index (κ3) is 2.64. The maximum absolute atomic E-state index is 4.39. The van der Waals surface area contributed by atoms with E-state index in [0.29, 0.717) is 0 Å². The molecule has 0 aliphatic heterocycles. The van der Waals surface area contributed by atoms with E-state index in [4.69, 9.17) is 0 Å². The number of aryl methyl sites for hydroxylation is 1. The largest absolute Gasteiger partial charge is 0.368 e. The third-order valence-electron chi connectivity index (χ3n) is 2.54. The Hall–Kier alpha value is -1.98. The van der Waals surface area contributed by atoms with Crippen LogP contribution in [0.4, 0.5) is 5.82 Å². The van der Waals surface area contributed by atoms with Gasteiger partial charge in [-0.25, -0.2) is 14.6 Å². The van der Waals surface area contributed by atoms with E-state index in [-0.39, 0.29) is 0 Å². The maximum Gasteiger partial charge on any atom is 0.154 e. The van der Waals surface area contributed by atoms with Crippen LogP contribution in [0.3, 0.4) is 0 Å². The average molecular weight is 246 g/mol. The predicted molar refractivity (Wildman–Crippen MR) is 70.1 cm³/mol. The molecule has 6 heteroatoms. The van der Waals surface area contributed by atoms with Gasteiger partial charge in [0.05, 0.1) is 6.20 Å². The van der Waals surface area contributed by atoms with E-state index in [9.17, 15) is 0 Å². The second-order valence-corrected chi connectivity index (χ2v) is 4.02. The Bertz CT molecular complexity index is 493. The number of anilines is 1. The molecule has 0 atom stereocenters. The van der Waals surface area contributed by atoms with Crippen molar-refractivity contribution in [1.82, 2.24) is 25.0 Å². The van der Waals surface area contributed by atoms with E-state index >= 15 is 0 Å². The number of nitrogens with one attached hydrogen (secondary N) is 1. The van der Waals surface area contributed by atoms with Crippen LogP contribution < -0.4 is 5.32 Å². The molecule has 0 aromatic carbocycles. The highest BCUT2D eigenvalue weighted by Gasteiger charge is 2.12. The van der Waals surface area contributed by atoms with Crippen molar-refractivity contribution >= 4 is 5.82 Å². The first-order valence-electron chi connectivity index (χ1n) is 6.30. The summed E-state index contributed by atoms with van der Waals surface area (Å²) in [5.41, 5.74) is 1.72. The summed E-state index contributed by atoms with van der Waals surface area (Å²) < 4.78 is 1.86. The molecule has 2 aromatic rings. The molecule has 2 heterocycles. The van der Waals surface area contributed by atoms with Crippen molar-refractivity contribution in [2.24, 2.45) is 0 Å². The van der Waals surface area contributed by atoms with E-state index in [2.05, 4.69) is 39.4 Å². The number of rotatable bonds is 6. The molecule has 6 nitrogen and oxygen atoms in total. The number of nitrogens with zero attached hydrogens (tertiary/aromatic N) is 5. The molecule has 0 bridgehead atoms. The summed E-state index contributed by atoms with van der Waals surface area (Å²) in [4.78, 5) is 8.72. The summed E-state index contributed by atoms with van der Waals surface area (Å²) in [6.07, 6.45) is 7.17. The van der Waals surface area contributed by atoms with Gasteiger partial charge in [0.1, 0.15) is 11.4 Å². The first-order chi connectivity index (χ1) is 8.86. The minimum atomic E-state index is 0.791. The van der Waals surface area contributed by atoms with Gasteiger partial charge < -0.3 is 5.32 Å². The van der Waals surface area contributed by atoms with Gasteiger partial charge in [0, 0.05) is 25.5 Å². The van der Waals surface area contributed by atoms with E-state index in [1.165, 1.54) is 0 Å². The van der Waals surface area contributed by atoms with Gasteiger partial charge in [-0.05, 0) is 12.8 Å². The SMILES string of the molecule is CCCNc1nccnc1-c1cnnn1CCC. The van der Waals surface area contributed by atoms with Crippen molar-refractivity contribution in [2.45, 2.75) is 33.2 Å². The van der Waals surface area contributed by atoms with Crippen molar-refractivity contribution in [3.8, 4) is 11.4 Å². The van der Waals surface area contributed by atoms with Gasteiger partial charge in [0.15, 0.2) is 5.82 Å². The van der Waals surface area contributed by atoms with Gasteiger partial charge in [-0.15, -0.1) is 5.10 Å². The van der Waals surface area contributed by atoms with Crippen LogP contribution in [0.15, 0.2) is 18.6 Å². The molecule has 0 saturated heterocycles. The van der Waals surface area contributed by atoms with Crippen molar-refractivity contribution in [1.29, 1.82) is 0 Å². The average Bonchev–Trinajstić information content (AvgIpc) is 2.85. The smallest absolute Gasteiger partial charge is 0.154 e. The molecule has 0 aliphatic rings. The molecule has 0 unspecified atom stereocenters. The fourth-order valence-electron chi connectivity index (χ4n) is 1.72. The second kappa shape index (κ2) is 6.09. The van der Waals surface area contributed by atoms with E-state index in [0.717, 1.165) is 43.1 Å². The monoisotopic (exact) mass is 246 g/mol. The second-order valence-electron chi connectivity index (χ2n) is 4.02. The number of hydrogen-bond acceptors (Lipinski definition) is 5. The molecule has 96 valence electrons. The summed E-state index contributed by atoms with van der Waals surface area (Å²) >= 11 is 0. The topological polar surface area (TPSA) is 68.5 Å². The van der Waals surface area contributed by atoms with Crippen LogP contribution in [0, 0.1) is 0 Å². The molecular weight excluding hydrogens is 228 g/mol. The van der Waals surface area contributed by atoms with Crippen LogP contribution in [0.5, 0.6) is 0 Å². The van der Waals surface area contributed by atoms with Crippen LogP contribution in [0.25, 0.3) is 11.4 Å². The molecule has 2 rings (SSSR count). The van der Waals surface area contributed by atoms with Crippen molar-refractivity contribution < 1.29 is 0 Å². The van der Waals surface area contributed by atoms with Crippen LogP contribution in [-0.4, -0.2) is 31.5 Å². The molecule has 0 amide bonds. The Balaban J connectivity index is 2.33. The summed E-state index contributed by atoms with van der Waals surface area (Å²) in [5, 5.41) is 11.3. The fourth-order valence-corrected chi connectivity index (χ4v) is 1.72. The highest BCUT2D eigenvalue weighted by molar-refractivity contribution is 5.67. The lowest BCUT2D eigenvalue weighted by molar-refractivity contribution is 0.583. The lowest BCUT2D eigenvalue weighted by atomic mass is 10.3. The Morgan fingerprint density at radius 1 is 1.17 bits per heavy atom. The molecule has 0 radical (unpaired) electrons. The predicted octanol–water partition coefficient (Wildman–Crippen LogP) is 1.97. The Morgan fingerprint density at radius 2 is 2.00 bits per heavy atom. The first-order valence-corrected chi connectivity index (χ1v) is 6.30. The van der Waals surface area contributed by atoms with Gasteiger partial charge in [-0.1, -0.05) is 19.1 Å². The quantitative estimate of drug-likeness (QED) is 0.844. The maximum atomic E-state index is 4.39. The Labute approximate surface area is 106 Å². The molecule has 1 N–H and O–H groups in total. The lowest BCUT2D eigenvalue weighted by Gasteiger charge is -2.09. The summed E-state index contributed by atoms with van der Waals surface area (Å²) in [5.74, 6) is 0.791. The highest BCUT2D eigenvalue weighted by atomic mass is 15.4. The fraction of sp³-hybridized carbons (Fsp3) is 0.500. The zero-order valence-electron chi connectivity index (χ0n) is 10.8. The molecule has 0 fully saturated rings. The van der Waals surface area contributed by atoms with Gasteiger partial charge in [0.2, 0.25) is 0 Å². The zero-order valence-corrected chi connectivity index (χ0v) is 10.8. The number of hydrogen-bond donors (Lipinski definition) is 1. The summed E-state index contributed by atoms with van der Waals surface area (Å²) in [6.45, 7) is 5.93. The zero-order chi connectivity index (χ0) is 12.8. The first kappa shape index (κ1) is 12.5. The summed E-state index contributed by atoms with van der Waals surface area (Å²) in [6, 6.07) is 0. The van der Waals surface area contributed by atoms with E-state index in [1.807, 2.05) is 4.68 Å². The molecule has 18 heavy (non-hydrogen) atoms. The molecule has 0 spiro atoms. The molecule has 0 aliphatic carbocycles. The summed E-state index contributed by atoms with van der Waals surface area (Å²) in [7, 11) is 0. The molecule has 2 aromatic heterocycles. The van der Waals surface area contributed by atoms with Crippen LogP contribution >= 0.6 is 0 Å². The standard InChI is InChI=1S/C12H18N6/c1-3-5-14-12-11(13-6-7-15-12)10-9-16-17-18(10)8-4-2/h6-7,9H,3-5,8H2,1-2H3,(H,14,15). The Kier molecular flexibility index (Phi) is 4.22. The minimum absolute atomic E-state index is 0.791. The normalized spacial score (nSPS) is 10.6. The van der Waals surface area contributed by atoms with Crippen molar-refractivity contribution in [3.63, 3.8) is 0 Å². The Morgan fingerprint density at radius 3 is 2.78 bits per heavy atom. The van der Waals surface area contributed by atoms with Gasteiger partial charge >= 0.3 is 0 Å². The van der Waals surface area contributed by atoms with Gasteiger partial charge in [0.25, 0.3) is 0 Å². The van der Waals surface area contributed by atoms with Crippen LogP contribution in [0.1, 0.15) is 26.7 Å². The van der Waals surface area contributed by atoms with Gasteiger partial charge in [-0.2, -0.15) is 0 Å². The number of aromatic nitrogens is 5. The molecular formula is C12H18N6. The van der Waals surface area contributed by atoms with Crippen molar-refractivity contribution in [2.75, 3.05) is 11.9 Å². The van der Waals surface area contributed by atoms with Crippen LogP contribution in [-0.2, 0) is 6.54 Å². The lowest BCUT2D eigenvalue weighted by Crippen LogP contribution is -2.08. The molecule has 0 saturated carbocycles. The van der Waals surface area contributed by atoms with E-state index < -0.39 is 0 Å².